The van der Waals surface area contributed by atoms with Crippen LogP contribution in [0.15, 0.2) is 42.5 Å². The third kappa shape index (κ3) is 4.58. The number of methoxy groups -OCH3 is 1. The summed E-state index contributed by atoms with van der Waals surface area (Å²) >= 11 is 6.12. The number of benzene rings is 2. The fraction of sp³-hybridized carbons (Fsp3) is 0.190. The van der Waals surface area contributed by atoms with E-state index in [0.717, 1.165) is 16.8 Å². The molecule has 7 heteroatoms. The molecule has 0 unspecified atom stereocenters. The summed E-state index contributed by atoms with van der Waals surface area (Å²) in [6, 6.07) is 12.8. The smallest absolute Gasteiger partial charge is 0.274 e. The maximum absolute atomic E-state index is 12.7. The van der Waals surface area contributed by atoms with Gasteiger partial charge < -0.3 is 15.4 Å². The minimum Gasteiger partial charge on any atom is -0.495 e. The van der Waals surface area contributed by atoms with E-state index in [1.807, 2.05) is 32.0 Å². The summed E-state index contributed by atoms with van der Waals surface area (Å²) in [5.74, 6) is 1.24. The fourth-order valence-corrected chi connectivity index (χ4v) is 2.95. The molecule has 2 N–H and O–H groups in total. The molecule has 28 heavy (non-hydrogen) atoms. The highest BCUT2D eigenvalue weighted by Crippen LogP contribution is 2.27. The zero-order valence-corrected chi connectivity index (χ0v) is 16.9. The van der Waals surface area contributed by atoms with Crippen LogP contribution in [0, 0.1) is 20.8 Å². The number of carbonyl (C=O) groups is 1. The Morgan fingerprint density at radius 2 is 1.82 bits per heavy atom. The summed E-state index contributed by atoms with van der Waals surface area (Å²) in [6.07, 6.45) is 0. The Balaban J connectivity index is 1.83. The molecule has 1 aromatic heterocycles. The molecule has 0 bridgehead atoms. The second kappa shape index (κ2) is 8.27. The Hall–Kier alpha value is -3.12. The molecule has 0 radical (unpaired) electrons. The standard InChI is InChI=1S/C21H21ClN4O2/c1-12-5-6-13(2)17(9-12)26-20-11-18(23-14(3)24-20)21(27)25-15-7-8-19(28-4)16(22)10-15/h5-11H,1-4H3,(H,25,27)(H,23,24,26). The van der Waals surface area contributed by atoms with Crippen molar-refractivity contribution in [3.63, 3.8) is 0 Å². The molecule has 0 atom stereocenters. The average molecular weight is 397 g/mol. The minimum atomic E-state index is -0.351. The molecule has 3 rings (SSSR count). The van der Waals surface area contributed by atoms with E-state index in [0.29, 0.717) is 28.1 Å². The highest BCUT2D eigenvalue weighted by Gasteiger charge is 2.13. The molecular formula is C21H21ClN4O2. The van der Waals surface area contributed by atoms with E-state index >= 15 is 0 Å². The molecule has 1 amide bonds. The SMILES string of the molecule is COc1ccc(NC(=O)c2cc(Nc3cc(C)ccc3C)nc(C)n2)cc1Cl. The first kappa shape index (κ1) is 19.6. The summed E-state index contributed by atoms with van der Waals surface area (Å²) in [7, 11) is 1.54. The molecule has 0 fully saturated rings. The van der Waals surface area contributed by atoms with Gasteiger partial charge in [-0.1, -0.05) is 23.7 Å². The molecule has 2 aromatic carbocycles. The van der Waals surface area contributed by atoms with Crippen molar-refractivity contribution in [1.82, 2.24) is 9.97 Å². The third-order valence-corrected chi connectivity index (χ3v) is 4.43. The highest BCUT2D eigenvalue weighted by molar-refractivity contribution is 6.32. The van der Waals surface area contributed by atoms with Gasteiger partial charge in [-0.2, -0.15) is 0 Å². The number of nitrogens with one attached hydrogen (secondary N) is 2. The van der Waals surface area contributed by atoms with Gasteiger partial charge in [0.1, 0.15) is 23.1 Å². The molecule has 0 aliphatic rings. The number of hydrogen-bond acceptors (Lipinski definition) is 5. The summed E-state index contributed by atoms with van der Waals surface area (Å²) in [5, 5.41) is 6.47. The van der Waals surface area contributed by atoms with Crippen molar-refractivity contribution in [2.24, 2.45) is 0 Å². The Kier molecular flexibility index (Phi) is 5.80. The molecular weight excluding hydrogens is 376 g/mol. The molecule has 6 nitrogen and oxygen atoms in total. The van der Waals surface area contributed by atoms with Gasteiger partial charge in [0.05, 0.1) is 12.1 Å². The van der Waals surface area contributed by atoms with Gasteiger partial charge in [-0.25, -0.2) is 9.97 Å². The van der Waals surface area contributed by atoms with Crippen molar-refractivity contribution in [2.45, 2.75) is 20.8 Å². The predicted octanol–water partition coefficient (Wildman–Crippen LogP) is 5.06. The summed E-state index contributed by atoms with van der Waals surface area (Å²) in [5.41, 5.74) is 3.96. The number of hydrogen-bond donors (Lipinski definition) is 2. The quantitative estimate of drug-likeness (QED) is 0.630. The van der Waals surface area contributed by atoms with E-state index in [1.165, 1.54) is 7.11 Å². The van der Waals surface area contributed by atoms with Crippen LogP contribution in [0.5, 0.6) is 5.75 Å². The minimum absolute atomic E-state index is 0.257. The first-order valence-corrected chi connectivity index (χ1v) is 9.08. The number of halogens is 1. The van der Waals surface area contributed by atoms with Gasteiger partial charge in [0.2, 0.25) is 0 Å². The molecule has 0 saturated carbocycles. The van der Waals surface area contributed by atoms with Crippen LogP contribution in [-0.4, -0.2) is 23.0 Å². The number of amides is 1. The van der Waals surface area contributed by atoms with Gasteiger partial charge in [-0.3, -0.25) is 4.79 Å². The van der Waals surface area contributed by atoms with Crippen molar-refractivity contribution in [3.8, 4) is 5.75 Å². The first-order chi connectivity index (χ1) is 13.4. The average Bonchev–Trinajstić information content (AvgIpc) is 2.64. The molecule has 0 aliphatic carbocycles. The van der Waals surface area contributed by atoms with Crippen LogP contribution in [0.2, 0.25) is 5.02 Å². The van der Waals surface area contributed by atoms with E-state index in [2.05, 4.69) is 20.6 Å². The number of nitrogens with zero attached hydrogens (tertiary/aromatic N) is 2. The van der Waals surface area contributed by atoms with Crippen LogP contribution in [0.1, 0.15) is 27.4 Å². The van der Waals surface area contributed by atoms with Crippen molar-refractivity contribution < 1.29 is 9.53 Å². The molecule has 144 valence electrons. The topological polar surface area (TPSA) is 76.1 Å². The monoisotopic (exact) mass is 396 g/mol. The zero-order chi connectivity index (χ0) is 20.3. The van der Waals surface area contributed by atoms with Gasteiger partial charge in [-0.05, 0) is 56.2 Å². The van der Waals surface area contributed by atoms with E-state index < -0.39 is 0 Å². The first-order valence-electron chi connectivity index (χ1n) is 8.70. The largest absolute Gasteiger partial charge is 0.495 e. The Labute approximate surface area is 168 Å². The Morgan fingerprint density at radius 3 is 2.54 bits per heavy atom. The van der Waals surface area contributed by atoms with E-state index in [9.17, 15) is 4.79 Å². The molecule has 3 aromatic rings. The maximum atomic E-state index is 12.7. The number of rotatable bonds is 5. The van der Waals surface area contributed by atoms with Crippen LogP contribution in [-0.2, 0) is 0 Å². The van der Waals surface area contributed by atoms with Gasteiger partial charge in [0.15, 0.2) is 0 Å². The van der Waals surface area contributed by atoms with Crippen molar-refractivity contribution in [2.75, 3.05) is 17.7 Å². The number of anilines is 3. The summed E-state index contributed by atoms with van der Waals surface area (Å²) in [4.78, 5) is 21.3. The number of ether oxygens (including phenoxy) is 1. The van der Waals surface area contributed by atoms with Gasteiger partial charge in [0, 0.05) is 17.4 Å². The van der Waals surface area contributed by atoms with E-state index in [1.54, 1.807) is 31.2 Å². The molecule has 1 heterocycles. The van der Waals surface area contributed by atoms with Crippen LogP contribution in [0.4, 0.5) is 17.2 Å². The lowest BCUT2D eigenvalue weighted by atomic mass is 10.1. The second-order valence-corrected chi connectivity index (χ2v) is 6.84. The van der Waals surface area contributed by atoms with Gasteiger partial charge >= 0.3 is 0 Å². The normalized spacial score (nSPS) is 10.5. The van der Waals surface area contributed by atoms with Crippen LogP contribution in [0.3, 0.4) is 0 Å². The Bertz CT molecular complexity index is 1040. The zero-order valence-electron chi connectivity index (χ0n) is 16.1. The van der Waals surface area contributed by atoms with Gasteiger partial charge in [0.25, 0.3) is 5.91 Å². The van der Waals surface area contributed by atoms with Crippen molar-refractivity contribution in [1.29, 1.82) is 0 Å². The summed E-state index contributed by atoms with van der Waals surface area (Å²) < 4.78 is 5.12. The van der Waals surface area contributed by atoms with Crippen LogP contribution in [0.25, 0.3) is 0 Å². The lowest BCUT2D eigenvalue weighted by Crippen LogP contribution is -2.15. The van der Waals surface area contributed by atoms with Gasteiger partial charge in [-0.15, -0.1) is 0 Å². The molecule has 0 saturated heterocycles. The number of aryl methyl sites for hydroxylation is 3. The second-order valence-electron chi connectivity index (χ2n) is 6.43. The number of carbonyl (C=O) groups excluding carboxylic acids is 1. The molecule has 0 spiro atoms. The fourth-order valence-electron chi connectivity index (χ4n) is 2.70. The lowest BCUT2D eigenvalue weighted by molar-refractivity contribution is 0.102. The highest BCUT2D eigenvalue weighted by atomic mass is 35.5. The van der Waals surface area contributed by atoms with E-state index in [4.69, 9.17) is 16.3 Å². The van der Waals surface area contributed by atoms with E-state index in [-0.39, 0.29) is 11.6 Å². The lowest BCUT2D eigenvalue weighted by Gasteiger charge is -2.12. The maximum Gasteiger partial charge on any atom is 0.274 e. The molecule has 0 aliphatic heterocycles. The Morgan fingerprint density at radius 1 is 1.04 bits per heavy atom. The predicted molar refractivity (Wildman–Crippen MR) is 112 cm³/mol. The van der Waals surface area contributed by atoms with Crippen LogP contribution < -0.4 is 15.4 Å². The van der Waals surface area contributed by atoms with Crippen molar-refractivity contribution >= 4 is 34.7 Å². The number of aromatic nitrogens is 2. The summed E-state index contributed by atoms with van der Waals surface area (Å²) in [6.45, 7) is 5.78. The third-order valence-electron chi connectivity index (χ3n) is 4.14. The van der Waals surface area contributed by atoms with Crippen LogP contribution >= 0.6 is 11.6 Å². The van der Waals surface area contributed by atoms with Crippen molar-refractivity contribution in [3.05, 3.63) is 70.1 Å².